The van der Waals surface area contributed by atoms with Crippen LogP contribution < -0.4 is 10.1 Å². The van der Waals surface area contributed by atoms with Gasteiger partial charge >= 0.3 is 0 Å². The van der Waals surface area contributed by atoms with Crippen molar-refractivity contribution < 1.29 is 9.53 Å². The number of ether oxygens (including phenoxy) is 1. The van der Waals surface area contributed by atoms with Crippen molar-refractivity contribution in [2.45, 2.75) is 6.42 Å². The molecule has 2 aromatic rings. The third-order valence-electron chi connectivity index (χ3n) is 2.36. The fourth-order valence-electron chi connectivity index (χ4n) is 1.48. The zero-order valence-corrected chi connectivity index (χ0v) is 10.8. The molecule has 1 aromatic carbocycles. The Balaban J connectivity index is 1.61. The fraction of sp³-hybridized carbons (Fsp3) is 0.214. The molecule has 0 atom stereocenters. The fourth-order valence-corrected chi connectivity index (χ4v) is 2.12. The maximum atomic E-state index is 11.6. The predicted octanol–water partition coefficient (Wildman–Crippen LogP) is 2.95. The number of carbonyl (C=O) groups excluding carboxylic acids is 1. The van der Waals surface area contributed by atoms with Gasteiger partial charge in [-0.05, 0) is 30.0 Å². The molecule has 0 fully saturated rings. The van der Waals surface area contributed by atoms with Crippen LogP contribution >= 0.6 is 11.3 Å². The summed E-state index contributed by atoms with van der Waals surface area (Å²) in [5, 5.41) is 4.76. The monoisotopic (exact) mass is 261 g/mol. The molecule has 0 aliphatic rings. The quantitative estimate of drug-likeness (QED) is 0.812. The van der Waals surface area contributed by atoms with E-state index in [0.29, 0.717) is 13.2 Å². The van der Waals surface area contributed by atoms with Crippen LogP contribution in [-0.2, 0) is 0 Å². The number of nitrogens with one attached hydrogen (secondary N) is 1. The third-order valence-corrected chi connectivity index (χ3v) is 3.23. The lowest BCUT2D eigenvalue weighted by atomic mass is 10.3. The van der Waals surface area contributed by atoms with Crippen molar-refractivity contribution in [1.82, 2.24) is 5.32 Å². The Kier molecular flexibility index (Phi) is 4.78. The molecular formula is C14H15NO2S. The van der Waals surface area contributed by atoms with Gasteiger partial charge in [-0.2, -0.15) is 0 Å². The third kappa shape index (κ3) is 3.89. The molecule has 3 nitrogen and oxygen atoms in total. The van der Waals surface area contributed by atoms with E-state index in [4.69, 9.17) is 4.74 Å². The molecule has 0 saturated heterocycles. The summed E-state index contributed by atoms with van der Waals surface area (Å²) in [4.78, 5) is 12.3. The van der Waals surface area contributed by atoms with Gasteiger partial charge in [0.1, 0.15) is 5.75 Å². The van der Waals surface area contributed by atoms with E-state index in [1.807, 2.05) is 47.8 Å². The highest BCUT2D eigenvalue weighted by Gasteiger charge is 2.04. The molecule has 1 aromatic heterocycles. The predicted molar refractivity (Wildman–Crippen MR) is 73.2 cm³/mol. The van der Waals surface area contributed by atoms with E-state index in [1.54, 1.807) is 0 Å². The van der Waals surface area contributed by atoms with E-state index in [1.165, 1.54) is 11.3 Å². The summed E-state index contributed by atoms with van der Waals surface area (Å²) in [5.74, 6) is 0.854. The van der Waals surface area contributed by atoms with E-state index >= 15 is 0 Å². The molecule has 2 rings (SSSR count). The Morgan fingerprint density at radius 2 is 2.00 bits per heavy atom. The molecule has 0 aliphatic heterocycles. The van der Waals surface area contributed by atoms with Gasteiger partial charge in [0.2, 0.25) is 0 Å². The van der Waals surface area contributed by atoms with Crippen LogP contribution in [0.1, 0.15) is 16.1 Å². The molecule has 1 amide bonds. The van der Waals surface area contributed by atoms with Crippen LogP contribution in [0.4, 0.5) is 0 Å². The second-order valence-electron chi connectivity index (χ2n) is 3.75. The van der Waals surface area contributed by atoms with Gasteiger partial charge in [0.05, 0.1) is 11.5 Å². The van der Waals surface area contributed by atoms with Crippen molar-refractivity contribution >= 4 is 17.2 Å². The SMILES string of the molecule is O=C(NCCCOc1ccccc1)c1cccs1. The topological polar surface area (TPSA) is 38.3 Å². The van der Waals surface area contributed by atoms with E-state index < -0.39 is 0 Å². The standard InChI is InChI=1S/C14H15NO2S/c16-14(13-8-4-11-18-13)15-9-5-10-17-12-6-2-1-3-7-12/h1-4,6-8,11H,5,9-10H2,(H,15,16). The minimum Gasteiger partial charge on any atom is -0.494 e. The van der Waals surface area contributed by atoms with E-state index in [0.717, 1.165) is 17.0 Å². The van der Waals surface area contributed by atoms with Gasteiger partial charge in [0.25, 0.3) is 5.91 Å². The second kappa shape index (κ2) is 6.81. The van der Waals surface area contributed by atoms with E-state index in [2.05, 4.69) is 5.32 Å². The van der Waals surface area contributed by atoms with Gasteiger partial charge in [0.15, 0.2) is 0 Å². The number of hydrogen-bond donors (Lipinski definition) is 1. The lowest BCUT2D eigenvalue weighted by Gasteiger charge is -2.06. The summed E-state index contributed by atoms with van der Waals surface area (Å²) in [5.41, 5.74) is 0. The molecule has 94 valence electrons. The first-order valence-electron chi connectivity index (χ1n) is 5.86. The Labute approximate surface area is 110 Å². The van der Waals surface area contributed by atoms with Crippen LogP contribution in [0.5, 0.6) is 5.75 Å². The Morgan fingerprint density at radius 3 is 2.72 bits per heavy atom. The maximum absolute atomic E-state index is 11.6. The van der Waals surface area contributed by atoms with Crippen LogP contribution in [0.25, 0.3) is 0 Å². The normalized spacial score (nSPS) is 10.0. The van der Waals surface area contributed by atoms with Crippen LogP contribution in [-0.4, -0.2) is 19.1 Å². The number of benzene rings is 1. The molecule has 0 unspecified atom stereocenters. The van der Waals surface area contributed by atoms with E-state index in [9.17, 15) is 4.79 Å². The lowest BCUT2D eigenvalue weighted by Crippen LogP contribution is -2.24. The zero-order valence-electron chi connectivity index (χ0n) is 9.96. The summed E-state index contributed by atoms with van der Waals surface area (Å²) in [6, 6.07) is 13.4. The Hall–Kier alpha value is -1.81. The lowest BCUT2D eigenvalue weighted by molar-refractivity contribution is 0.0955. The summed E-state index contributed by atoms with van der Waals surface area (Å²) in [6.07, 6.45) is 0.798. The smallest absolute Gasteiger partial charge is 0.261 e. The minimum atomic E-state index is -0.00953. The zero-order chi connectivity index (χ0) is 12.6. The molecule has 18 heavy (non-hydrogen) atoms. The minimum absolute atomic E-state index is 0.00953. The van der Waals surface area contributed by atoms with Crippen LogP contribution in [0.15, 0.2) is 47.8 Å². The highest BCUT2D eigenvalue weighted by Crippen LogP contribution is 2.09. The maximum Gasteiger partial charge on any atom is 0.261 e. The largest absolute Gasteiger partial charge is 0.494 e. The van der Waals surface area contributed by atoms with Crippen molar-refractivity contribution in [3.63, 3.8) is 0 Å². The number of thiophene rings is 1. The molecule has 0 saturated carbocycles. The van der Waals surface area contributed by atoms with Crippen molar-refractivity contribution in [2.24, 2.45) is 0 Å². The van der Waals surface area contributed by atoms with Gasteiger partial charge in [-0.3, -0.25) is 4.79 Å². The number of rotatable bonds is 6. The number of carbonyl (C=O) groups is 1. The van der Waals surface area contributed by atoms with Crippen LogP contribution in [0.3, 0.4) is 0 Å². The highest BCUT2D eigenvalue weighted by molar-refractivity contribution is 7.12. The first-order chi connectivity index (χ1) is 8.86. The highest BCUT2D eigenvalue weighted by atomic mass is 32.1. The molecule has 0 bridgehead atoms. The molecule has 0 spiro atoms. The molecule has 4 heteroatoms. The first-order valence-corrected chi connectivity index (χ1v) is 6.74. The van der Waals surface area contributed by atoms with Crippen molar-refractivity contribution in [2.75, 3.05) is 13.2 Å². The summed E-state index contributed by atoms with van der Waals surface area (Å²) in [7, 11) is 0. The van der Waals surface area contributed by atoms with Gasteiger partial charge < -0.3 is 10.1 Å². The average molecular weight is 261 g/mol. The van der Waals surface area contributed by atoms with Crippen LogP contribution in [0.2, 0.25) is 0 Å². The average Bonchev–Trinajstić information content (AvgIpc) is 2.93. The summed E-state index contributed by atoms with van der Waals surface area (Å²) >= 11 is 1.45. The van der Waals surface area contributed by atoms with Gasteiger partial charge in [-0.15, -0.1) is 11.3 Å². The molecule has 1 N–H and O–H groups in total. The molecule has 1 heterocycles. The second-order valence-corrected chi connectivity index (χ2v) is 4.70. The van der Waals surface area contributed by atoms with E-state index in [-0.39, 0.29) is 5.91 Å². The number of amides is 1. The van der Waals surface area contributed by atoms with Crippen LogP contribution in [0, 0.1) is 0 Å². The first kappa shape index (κ1) is 12.6. The Bertz CT molecular complexity index is 468. The Morgan fingerprint density at radius 1 is 1.17 bits per heavy atom. The number of hydrogen-bond acceptors (Lipinski definition) is 3. The van der Waals surface area contributed by atoms with Gasteiger partial charge in [0, 0.05) is 6.54 Å². The summed E-state index contributed by atoms with van der Waals surface area (Å²) < 4.78 is 5.53. The van der Waals surface area contributed by atoms with Crippen molar-refractivity contribution in [1.29, 1.82) is 0 Å². The van der Waals surface area contributed by atoms with Gasteiger partial charge in [-0.25, -0.2) is 0 Å². The van der Waals surface area contributed by atoms with Gasteiger partial charge in [-0.1, -0.05) is 24.3 Å². The summed E-state index contributed by atoms with van der Waals surface area (Å²) in [6.45, 7) is 1.23. The molecule has 0 aliphatic carbocycles. The van der Waals surface area contributed by atoms with Crippen molar-refractivity contribution in [3.05, 3.63) is 52.7 Å². The molecule has 0 radical (unpaired) electrons. The molecular weight excluding hydrogens is 246 g/mol. The number of para-hydroxylation sites is 1. The van der Waals surface area contributed by atoms with Crippen molar-refractivity contribution in [3.8, 4) is 5.75 Å².